The second-order valence-electron chi connectivity index (χ2n) is 6.31. The van der Waals surface area contributed by atoms with Crippen molar-refractivity contribution in [3.8, 4) is 0 Å². The Bertz CT molecular complexity index is 995. The maximum atomic E-state index is 13.0. The van der Waals surface area contributed by atoms with Crippen LogP contribution in [0.4, 0.5) is 0 Å². The number of carbonyl (C=O) groups is 2. The Morgan fingerprint density at radius 1 is 1.04 bits per heavy atom. The van der Waals surface area contributed by atoms with Crippen molar-refractivity contribution in [3.63, 3.8) is 0 Å². The fourth-order valence-electron chi connectivity index (χ4n) is 3.26. The topological polar surface area (TPSA) is 121 Å². The van der Waals surface area contributed by atoms with E-state index in [9.17, 15) is 23.1 Å². The van der Waals surface area contributed by atoms with Crippen LogP contribution in [0.25, 0.3) is 0 Å². The minimum absolute atomic E-state index is 0.0393. The molecule has 27 heavy (non-hydrogen) atoms. The van der Waals surface area contributed by atoms with Gasteiger partial charge in [-0.05, 0) is 26.8 Å². The Kier molecular flexibility index (Phi) is 4.87. The second-order valence-corrected chi connectivity index (χ2v) is 8.19. The number of carboxylic acids is 1. The number of aromatic carboxylic acids is 1. The van der Waals surface area contributed by atoms with Crippen LogP contribution in [0.1, 0.15) is 38.0 Å². The zero-order chi connectivity index (χ0) is 19.9. The Hall–Kier alpha value is -2.59. The quantitative estimate of drug-likeness (QED) is 0.834. The SMILES string of the molecule is Cc1occc1C(=O)N1CCN(S(=O)(=O)c2c(C)oc(C)c2C(=O)O)CC1. The summed E-state index contributed by atoms with van der Waals surface area (Å²) < 4.78 is 37.5. The molecular weight excluding hydrogens is 376 g/mol. The van der Waals surface area contributed by atoms with Crippen molar-refractivity contribution < 1.29 is 31.9 Å². The van der Waals surface area contributed by atoms with Crippen molar-refractivity contribution in [1.29, 1.82) is 0 Å². The molecule has 1 N–H and O–H groups in total. The predicted octanol–water partition coefficient (Wildman–Crippen LogP) is 1.64. The number of sulfonamides is 1. The molecule has 10 heteroatoms. The highest BCUT2D eigenvalue weighted by atomic mass is 32.2. The molecular formula is C17H20N2O7S. The third-order valence-electron chi connectivity index (χ3n) is 4.63. The smallest absolute Gasteiger partial charge is 0.340 e. The van der Waals surface area contributed by atoms with Crippen molar-refractivity contribution in [2.75, 3.05) is 26.2 Å². The van der Waals surface area contributed by atoms with Gasteiger partial charge in [-0.3, -0.25) is 4.79 Å². The van der Waals surface area contributed by atoms with Crippen LogP contribution >= 0.6 is 0 Å². The van der Waals surface area contributed by atoms with Crippen LogP contribution in [-0.2, 0) is 10.0 Å². The van der Waals surface area contributed by atoms with E-state index in [-0.39, 0.29) is 54.1 Å². The van der Waals surface area contributed by atoms with Gasteiger partial charge in [0, 0.05) is 26.2 Å². The molecule has 2 aromatic rings. The minimum atomic E-state index is -4.06. The summed E-state index contributed by atoms with van der Waals surface area (Å²) in [6, 6.07) is 1.58. The van der Waals surface area contributed by atoms with E-state index >= 15 is 0 Å². The first kappa shape index (κ1) is 19.2. The molecule has 0 spiro atoms. The first-order chi connectivity index (χ1) is 12.6. The standard InChI is InChI=1S/C17H20N2O7S/c1-10-13(4-9-25-10)16(20)18-5-7-19(8-6-18)27(23,24)15-12(3)26-11(2)14(15)17(21)22/h4,9H,5-8H2,1-3H3,(H,21,22). The molecule has 0 atom stereocenters. The number of nitrogens with zero attached hydrogens (tertiary/aromatic N) is 2. The summed E-state index contributed by atoms with van der Waals surface area (Å²) >= 11 is 0. The molecule has 146 valence electrons. The lowest BCUT2D eigenvalue weighted by molar-refractivity contribution is 0.0689. The molecule has 0 saturated carbocycles. The molecule has 9 nitrogen and oxygen atoms in total. The lowest BCUT2D eigenvalue weighted by Gasteiger charge is -2.33. The van der Waals surface area contributed by atoms with Gasteiger partial charge < -0.3 is 18.8 Å². The largest absolute Gasteiger partial charge is 0.478 e. The Balaban J connectivity index is 1.81. The van der Waals surface area contributed by atoms with Crippen LogP contribution in [0.5, 0.6) is 0 Å². The molecule has 1 fully saturated rings. The Labute approximate surface area is 156 Å². The van der Waals surface area contributed by atoms with Crippen molar-refractivity contribution >= 4 is 21.9 Å². The summed E-state index contributed by atoms with van der Waals surface area (Å²) in [5.74, 6) is -0.988. The summed E-state index contributed by atoms with van der Waals surface area (Å²) in [5, 5.41) is 9.36. The summed E-state index contributed by atoms with van der Waals surface area (Å²) in [6.07, 6.45) is 1.43. The summed E-state index contributed by atoms with van der Waals surface area (Å²) in [7, 11) is -4.06. The third-order valence-corrected chi connectivity index (χ3v) is 6.68. The zero-order valence-electron chi connectivity index (χ0n) is 15.2. The van der Waals surface area contributed by atoms with E-state index in [1.54, 1.807) is 17.9 Å². The fraction of sp³-hybridized carbons (Fsp3) is 0.412. The number of hydrogen-bond acceptors (Lipinski definition) is 6. The molecule has 0 radical (unpaired) electrons. The van der Waals surface area contributed by atoms with Gasteiger partial charge >= 0.3 is 5.97 Å². The third kappa shape index (κ3) is 3.26. The first-order valence-corrected chi connectivity index (χ1v) is 9.75. The summed E-state index contributed by atoms with van der Waals surface area (Å²) in [5.41, 5.74) is 0.0980. The van der Waals surface area contributed by atoms with Gasteiger partial charge in [-0.1, -0.05) is 0 Å². The van der Waals surface area contributed by atoms with E-state index in [1.165, 1.54) is 24.4 Å². The highest BCUT2D eigenvalue weighted by Crippen LogP contribution is 2.30. The highest BCUT2D eigenvalue weighted by molar-refractivity contribution is 7.89. The molecule has 3 rings (SSSR count). The van der Waals surface area contributed by atoms with Crippen LogP contribution in [-0.4, -0.2) is 60.8 Å². The fourth-order valence-corrected chi connectivity index (χ4v) is 5.06. The Morgan fingerprint density at radius 3 is 2.19 bits per heavy atom. The number of rotatable bonds is 4. The van der Waals surface area contributed by atoms with Crippen LogP contribution < -0.4 is 0 Å². The molecule has 1 aliphatic heterocycles. The van der Waals surface area contributed by atoms with Gasteiger partial charge in [0.1, 0.15) is 27.7 Å². The number of aryl methyl sites for hydroxylation is 3. The molecule has 2 aromatic heterocycles. The number of carbonyl (C=O) groups excluding carboxylic acids is 1. The van der Waals surface area contributed by atoms with Gasteiger partial charge in [0.2, 0.25) is 10.0 Å². The van der Waals surface area contributed by atoms with E-state index in [1.807, 2.05) is 0 Å². The van der Waals surface area contributed by atoms with Crippen molar-refractivity contribution in [2.45, 2.75) is 25.7 Å². The van der Waals surface area contributed by atoms with Gasteiger partial charge in [-0.2, -0.15) is 4.31 Å². The Morgan fingerprint density at radius 2 is 1.67 bits per heavy atom. The van der Waals surface area contributed by atoms with Gasteiger partial charge in [0.25, 0.3) is 5.91 Å². The molecule has 3 heterocycles. The van der Waals surface area contributed by atoms with E-state index in [0.29, 0.717) is 11.3 Å². The maximum absolute atomic E-state index is 13.0. The summed E-state index contributed by atoms with van der Waals surface area (Å²) in [4.78, 5) is 25.2. The monoisotopic (exact) mass is 396 g/mol. The minimum Gasteiger partial charge on any atom is -0.478 e. The van der Waals surface area contributed by atoms with Gasteiger partial charge in [0.05, 0.1) is 11.8 Å². The zero-order valence-corrected chi connectivity index (χ0v) is 16.0. The number of hydrogen-bond donors (Lipinski definition) is 1. The number of piperazine rings is 1. The van der Waals surface area contributed by atoms with Crippen molar-refractivity contribution in [1.82, 2.24) is 9.21 Å². The van der Waals surface area contributed by atoms with Crippen LogP contribution in [0.2, 0.25) is 0 Å². The molecule has 0 bridgehead atoms. The van der Waals surface area contributed by atoms with Crippen molar-refractivity contribution in [3.05, 3.63) is 40.7 Å². The lowest BCUT2D eigenvalue weighted by Crippen LogP contribution is -2.50. The number of furan rings is 2. The second kappa shape index (κ2) is 6.86. The molecule has 1 saturated heterocycles. The van der Waals surface area contributed by atoms with Gasteiger partial charge in [0.15, 0.2) is 0 Å². The molecule has 0 aliphatic carbocycles. The summed E-state index contributed by atoms with van der Waals surface area (Å²) in [6.45, 7) is 5.04. The molecule has 0 unspecified atom stereocenters. The van der Waals surface area contributed by atoms with E-state index in [0.717, 1.165) is 0 Å². The van der Waals surface area contributed by atoms with Crippen LogP contribution in [0.3, 0.4) is 0 Å². The first-order valence-electron chi connectivity index (χ1n) is 8.31. The molecule has 0 aromatic carbocycles. The average molecular weight is 396 g/mol. The maximum Gasteiger partial charge on any atom is 0.340 e. The number of carboxylic acid groups (broad SMARTS) is 1. The van der Waals surface area contributed by atoms with E-state index in [4.69, 9.17) is 8.83 Å². The lowest BCUT2D eigenvalue weighted by atomic mass is 10.2. The van der Waals surface area contributed by atoms with E-state index in [2.05, 4.69) is 0 Å². The highest BCUT2D eigenvalue weighted by Gasteiger charge is 2.37. The van der Waals surface area contributed by atoms with Crippen LogP contribution in [0.15, 0.2) is 26.1 Å². The predicted molar refractivity (Wildman–Crippen MR) is 93.2 cm³/mol. The van der Waals surface area contributed by atoms with Gasteiger partial charge in [-0.15, -0.1) is 0 Å². The molecule has 1 aliphatic rings. The molecule has 1 amide bonds. The van der Waals surface area contributed by atoms with Crippen LogP contribution in [0, 0.1) is 20.8 Å². The van der Waals surface area contributed by atoms with E-state index < -0.39 is 16.0 Å². The number of amides is 1. The average Bonchev–Trinajstić information content (AvgIpc) is 3.17. The van der Waals surface area contributed by atoms with Gasteiger partial charge in [-0.25, -0.2) is 13.2 Å². The van der Waals surface area contributed by atoms with Crippen molar-refractivity contribution in [2.24, 2.45) is 0 Å². The normalized spacial score (nSPS) is 15.9.